The first-order chi connectivity index (χ1) is 23.3. The molecule has 7 rings (SSSR count). The number of nitrogens with zero attached hydrogens (tertiary/aromatic N) is 3. The fourth-order valence-electron chi connectivity index (χ4n) is 6.83. The molecule has 0 radical (unpaired) electrons. The number of aromatic nitrogens is 2. The molecule has 2 fully saturated rings. The van der Waals surface area contributed by atoms with Crippen molar-refractivity contribution in [2.24, 2.45) is 5.73 Å². The molecule has 2 aliphatic rings. The number of imidazole rings is 1. The van der Waals surface area contributed by atoms with Crippen LogP contribution in [0.4, 0.5) is 13.2 Å². The molecule has 50 heavy (non-hydrogen) atoms. The summed E-state index contributed by atoms with van der Waals surface area (Å²) in [4.78, 5) is 16.1. The number of primary amides is 1. The number of piperidine rings is 1. The van der Waals surface area contributed by atoms with E-state index in [4.69, 9.17) is 33.9 Å². The molecule has 262 valence electrons. The first-order valence-corrected chi connectivity index (χ1v) is 18.0. The first kappa shape index (κ1) is 36.2. The number of fused-ring (bicyclic) bond motifs is 1. The highest BCUT2D eigenvalue weighted by Crippen LogP contribution is 2.44. The summed E-state index contributed by atoms with van der Waals surface area (Å²) in [5, 5.41) is 1.27. The van der Waals surface area contributed by atoms with Gasteiger partial charge in [0.1, 0.15) is 5.82 Å². The lowest BCUT2D eigenvalue weighted by atomic mass is 9.85. The standard InChI is InChI=1S/C36H31Cl2F3N4O3S.ClH/c37-25-8-3-21(4-9-25)33(22-5-10-26(38)11-6-22)24-7-14-31-32(19-24)45(35(43-31)23-1-2-23)27-15-17-44(18-16-27)49(47,48)28-12-13-29(34(42)46)30(20-28)36(39,40)41;/h3-14,19-20,23,27,33H,1-2,15-18H2,(H2,42,46);1H. The van der Waals surface area contributed by atoms with Gasteiger partial charge in [-0.1, -0.05) is 53.5 Å². The fraction of sp³-hybridized carbons (Fsp3) is 0.278. The number of hydrogen-bond acceptors (Lipinski definition) is 4. The number of carbonyl (C=O) groups is 1. The lowest BCUT2D eigenvalue weighted by Crippen LogP contribution is -2.39. The maximum Gasteiger partial charge on any atom is 0.417 e. The van der Waals surface area contributed by atoms with Gasteiger partial charge in [0.15, 0.2) is 0 Å². The highest BCUT2D eigenvalue weighted by atomic mass is 35.5. The Kier molecular flexibility index (Phi) is 10.0. The van der Waals surface area contributed by atoms with Crippen LogP contribution in [0, 0.1) is 0 Å². The summed E-state index contributed by atoms with van der Waals surface area (Å²) in [6, 6.07) is 24.0. The molecule has 0 unspecified atom stereocenters. The van der Waals surface area contributed by atoms with Crippen LogP contribution in [0.1, 0.15) is 82.0 Å². The second kappa shape index (κ2) is 13.8. The van der Waals surface area contributed by atoms with E-state index in [-0.39, 0.29) is 37.5 Å². The van der Waals surface area contributed by atoms with Crippen molar-refractivity contribution in [2.45, 2.75) is 54.6 Å². The van der Waals surface area contributed by atoms with Crippen molar-refractivity contribution in [2.75, 3.05) is 13.1 Å². The van der Waals surface area contributed by atoms with E-state index < -0.39 is 38.1 Å². The number of halogens is 6. The summed E-state index contributed by atoms with van der Waals surface area (Å²) < 4.78 is 71.8. The van der Waals surface area contributed by atoms with Gasteiger partial charge in [-0.25, -0.2) is 13.4 Å². The quantitative estimate of drug-likeness (QED) is 0.160. The maximum absolute atomic E-state index is 13.7. The largest absolute Gasteiger partial charge is 0.417 e. The van der Waals surface area contributed by atoms with E-state index in [2.05, 4.69) is 16.7 Å². The summed E-state index contributed by atoms with van der Waals surface area (Å²) in [7, 11) is -4.28. The number of benzene rings is 4. The number of alkyl halides is 3. The average Bonchev–Trinajstić information content (AvgIpc) is 3.86. The van der Waals surface area contributed by atoms with Crippen LogP contribution in [0.2, 0.25) is 10.0 Å². The Morgan fingerprint density at radius 2 is 1.38 bits per heavy atom. The van der Waals surface area contributed by atoms with Crippen LogP contribution in [-0.4, -0.2) is 41.3 Å². The lowest BCUT2D eigenvalue weighted by molar-refractivity contribution is -0.138. The van der Waals surface area contributed by atoms with Gasteiger partial charge in [-0.05, 0) is 97.0 Å². The van der Waals surface area contributed by atoms with E-state index in [1.165, 1.54) is 4.31 Å². The van der Waals surface area contributed by atoms with E-state index >= 15 is 0 Å². The molecule has 4 aromatic carbocycles. The van der Waals surface area contributed by atoms with Gasteiger partial charge in [-0.3, -0.25) is 4.79 Å². The third-order valence-corrected chi connectivity index (χ3v) is 11.8. The Morgan fingerprint density at radius 3 is 1.90 bits per heavy atom. The topological polar surface area (TPSA) is 98.3 Å². The molecule has 2 heterocycles. The minimum absolute atomic E-state index is 0. The monoisotopic (exact) mass is 762 g/mol. The SMILES string of the molecule is Cl.NC(=O)c1ccc(S(=O)(=O)N2CCC(n3c(C4CC4)nc4ccc(C(c5ccc(Cl)cc5)c5ccc(Cl)cc5)cc43)CC2)cc1C(F)(F)F. The van der Waals surface area contributed by atoms with Gasteiger partial charge in [-0.2, -0.15) is 17.5 Å². The predicted molar refractivity (Wildman–Crippen MR) is 190 cm³/mol. The highest BCUT2D eigenvalue weighted by molar-refractivity contribution is 7.89. The Balaban J connectivity index is 0.00000432. The van der Waals surface area contributed by atoms with Gasteiger partial charge in [-0.15, -0.1) is 12.4 Å². The predicted octanol–water partition coefficient (Wildman–Crippen LogP) is 8.97. The molecule has 1 saturated carbocycles. The minimum Gasteiger partial charge on any atom is -0.366 e. The van der Waals surface area contributed by atoms with Gasteiger partial charge in [0.25, 0.3) is 0 Å². The molecule has 1 saturated heterocycles. The summed E-state index contributed by atoms with van der Waals surface area (Å²) in [6.07, 6.45) is -2.03. The molecular weight excluding hydrogens is 732 g/mol. The van der Waals surface area contributed by atoms with Crippen LogP contribution < -0.4 is 5.73 Å². The van der Waals surface area contributed by atoms with E-state index in [1.54, 1.807) is 0 Å². The zero-order chi connectivity index (χ0) is 34.7. The second-order valence-corrected chi connectivity index (χ2v) is 15.4. The molecule has 0 spiro atoms. The third-order valence-electron chi connectivity index (χ3n) is 9.41. The van der Waals surface area contributed by atoms with Crippen molar-refractivity contribution in [3.63, 3.8) is 0 Å². The average molecular weight is 764 g/mol. The molecular formula is C36H32Cl3F3N4O3S. The van der Waals surface area contributed by atoms with Gasteiger partial charge in [0, 0.05) is 41.0 Å². The number of nitrogens with two attached hydrogens (primary N) is 1. The molecule has 14 heteroatoms. The molecule has 7 nitrogen and oxygen atoms in total. The number of amides is 1. The lowest BCUT2D eigenvalue weighted by Gasteiger charge is -2.33. The summed E-state index contributed by atoms with van der Waals surface area (Å²) in [6.45, 7) is 0.209. The Morgan fingerprint density at radius 1 is 0.820 bits per heavy atom. The van der Waals surface area contributed by atoms with E-state index in [0.29, 0.717) is 34.9 Å². The zero-order valence-electron chi connectivity index (χ0n) is 26.4. The van der Waals surface area contributed by atoms with E-state index in [0.717, 1.165) is 58.5 Å². The third kappa shape index (κ3) is 6.98. The van der Waals surface area contributed by atoms with Gasteiger partial charge in [0.2, 0.25) is 15.9 Å². The molecule has 0 atom stereocenters. The van der Waals surface area contributed by atoms with E-state index in [1.807, 2.05) is 54.6 Å². The number of rotatable bonds is 8. The molecule has 1 aromatic heterocycles. The second-order valence-electron chi connectivity index (χ2n) is 12.6. The van der Waals surface area contributed by atoms with Gasteiger partial charge >= 0.3 is 6.18 Å². The van der Waals surface area contributed by atoms with Crippen molar-refractivity contribution >= 4 is 62.6 Å². The van der Waals surface area contributed by atoms with Crippen molar-refractivity contribution in [3.8, 4) is 0 Å². The van der Waals surface area contributed by atoms with Crippen molar-refractivity contribution in [1.29, 1.82) is 0 Å². The number of carbonyl (C=O) groups excluding carboxylic acids is 1. The molecule has 0 bridgehead atoms. The van der Waals surface area contributed by atoms with E-state index in [9.17, 15) is 26.4 Å². The summed E-state index contributed by atoms with van der Waals surface area (Å²) in [5.74, 6) is -0.126. The zero-order valence-corrected chi connectivity index (χ0v) is 29.6. The fourth-order valence-corrected chi connectivity index (χ4v) is 8.58. The van der Waals surface area contributed by atoms with Crippen molar-refractivity contribution in [1.82, 2.24) is 13.9 Å². The van der Waals surface area contributed by atoms with Crippen molar-refractivity contribution < 1.29 is 26.4 Å². The number of hydrogen-bond donors (Lipinski definition) is 1. The molecule has 2 N–H and O–H groups in total. The Bertz CT molecular complexity index is 2120. The van der Waals surface area contributed by atoms with Crippen LogP contribution in [0.15, 0.2) is 89.8 Å². The molecule has 1 aliphatic carbocycles. The summed E-state index contributed by atoms with van der Waals surface area (Å²) in [5.41, 5.74) is 7.92. The van der Waals surface area contributed by atoms with Crippen molar-refractivity contribution in [3.05, 3.63) is 129 Å². The Labute approximate surface area is 303 Å². The molecule has 5 aromatic rings. The molecule has 1 aliphatic heterocycles. The smallest absolute Gasteiger partial charge is 0.366 e. The minimum atomic E-state index is -4.95. The van der Waals surface area contributed by atoms with Crippen LogP contribution in [0.3, 0.4) is 0 Å². The van der Waals surface area contributed by atoms with Crippen LogP contribution in [-0.2, 0) is 16.2 Å². The van der Waals surface area contributed by atoms with Gasteiger partial charge in [0.05, 0.1) is 27.1 Å². The van der Waals surface area contributed by atoms with Crippen LogP contribution in [0.5, 0.6) is 0 Å². The maximum atomic E-state index is 13.7. The summed E-state index contributed by atoms with van der Waals surface area (Å²) >= 11 is 12.5. The van der Waals surface area contributed by atoms with Crippen LogP contribution in [0.25, 0.3) is 11.0 Å². The molecule has 1 amide bonds. The van der Waals surface area contributed by atoms with Gasteiger partial charge < -0.3 is 10.3 Å². The first-order valence-electron chi connectivity index (χ1n) is 15.8. The number of sulfonamides is 1. The Hall–Kier alpha value is -3.61. The highest BCUT2D eigenvalue weighted by Gasteiger charge is 2.39. The normalized spacial score (nSPS) is 16.1. The van der Waals surface area contributed by atoms with Crippen LogP contribution >= 0.6 is 35.6 Å².